The molecule has 0 aliphatic rings. The Balaban J connectivity index is 2.05. The molecule has 0 saturated carbocycles. The van der Waals surface area contributed by atoms with Crippen LogP contribution in [0.25, 0.3) is 10.9 Å². The molecule has 0 aliphatic carbocycles. The van der Waals surface area contributed by atoms with E-state index in [0.717, 1.165) is 6.07 Å². The molecule has 26 heavy (non-hydrogen) atoms. The smallest absolute Gasteiger partial charge is 0.360 e. The molecule has 0 fully saturated rings. The molecule has 8 nitrogen and oxygen atoms in total. The number of ether oxygens (including phenoxy) is 1. The summed E-state index contributed by atoms with van der Waals surface area (Å²) >= 11 is 5.96. The van der Waals surface area contributed by atoms with Gasteiger partial charge in [0.2, 0.25) is 11.5 Å². The Bertz CT molecular complexity index is 1020. The van der Waals surface area contributed by atoms with Crippen LogP contribution < -0.4 is 5.11 Å². The Morgan fingerprint density at radius 2 is 2.08 bits per heavy atom. The van der Waals surface area contributed by atoms with Crippen LogP contribution in [0, 0.1) is 0 Å². The first kappa shape index (κ1) is 17.7. The number of rotatable bonds is 6. The Kier molecular flexibility index (Phi) is 4.77. The number of aliphatic carboxylic acids is 1. The monoisotopic (exact) mass is 375 g/mol. The van der Waals surface area contributed by atoms with Crippen molar-refractivity contribution in [2.45, 2.75) is 13.3 Å². The third-order valence-corrected chi connectivity index (χ3v) is 3.87. The fraction of sp³-hybridized carbons (Fsp3) is 0.176. The van der Waals surface area contributed by atoms with E-state index in [9.17, 15) is 19.5 Å². The zero-order valence-corrected chi connectivity index (χ0v) is 14.3. The van der Waals surface area contributed by atoms with Crippen LogP contribution in [0.15, 0.2) is 28.8 Å². The summed E-state index contributed by atoms with van der Waals surface area (Å²) in [6.07, 6.45) is -0.500. The van der Waals surface area contributed by atoms with E-state index in [1.807, 2.05) is 0 Å². The topological polar surface area (TPSA) is 125 Å². The van der Waals surface area contributed by atoms with Gasteiger partial charge >= 0.3 is 5.97 Å². The van der Waals surface area contributed by atoms with Gasteiger partial charge in [0.15, 0.2) is 5.69 Å². The summed E-state index contributed by atoms with van der Waals surface area (Å²) in [6, 6.07) is 5.91. The molecule has 1 N–H and O–H groups in total. The van der Waals surface area contributed by atoms with Crippen LogP contribution in [-0.2, 0) is 16.0 Å². The summed E-state index contributed by atoms with van der Waals surface area (Å²) < 4.78 is 9.70. The van der Waals surface area contributed by atoms with Crippen LogP contribution in [0.2, 0.25) is 5.02 Å². The lowest BCUT2D eigenvalue weighted by molar-refractivity contribution is -0.304. The molecule has 2 heterocycles. The number of aromatic nitrogens is 2. The van der Waals surface area contributed by atoms with Gasteiger partial charge in [-0.15, -0.1) is 0 Å². The first-order valence-corrected chi connectivity index (χ1v) is 7.97. The van der Waals surface area contributed by atoms with E-state index >= 15 is 0 Å². The van der Waals surface area contributed by atoms with Crippen molar-refractivity contribution < 1.29 is 28.8 Å². The Morgan fingerprint density at radius 3 is 2.77 bits per heavy atom. The van der Waals surface area contributed by atoms with Crippen LogP contribution >= 0.6 is 11.6 Å². The SMILES string of the molecule is CCOC(=O)c1cc(C(=O)c2[nH]c3ccc(Cl)cc3c2CC(=O)[O-])on1. The number of aromatic amines is 1. The van der Waals surface area contributed by atoms with Crippen molar-refractivity contribution in [2.24, 2.45) is 0 Å². The lowest BCUT2D eigenvalue weighted by atomic mass is 10.0. The van der Waals surface area contributed by atoms with Crippen molar-refractivity contribution in [2.75, 3.05) is 6.61 Å². The quantitative estimate of drug-likeness (QED) is 0.511. The van der Waals surface area contributed by atoms with Crippen molar-refractivity contribution in [1.29, 1.82) is 0 Å². The van der Waals surface area contributed by atoms with Crippen LogP contribution in [0.4, 0.5) is 0 Å². The maximum absolute atomic E-state index is 12.7. The van der Waals surface area contributed by atoms with Crippen LogP contribution in [0.5, 0.6) is 0 Å². The molecular weight excluding hydrogens is 364 g/mol. The van der Waals surface area contributed by atoms with Gasteiger partial charge < -0.3 is 24.1 Å². The van der Waals surface area contributed by atoms with E-state index in [1.165, 1.54) is 0 Å². The van der Waals surface area contributed by atoms with E-state index in [2.05, 4.69) is 10.1 Å². The molecule has 0 amide bonds. The number of halogens is 1. The highest BCUT2D eigenvalue weighted by Crippen LogP contribution is 2.28. The molecule has 9 heteroatoms. The Hall–Kier alpha value is -3.13. The molecule has 0 unspecified atom stereocenters. The molecule has 0 saturated heterocycles. The summed E-state index contributed by atoms with van der Waals surface area (Å²) in [4.78, 5) is 38.3. The molecule has 0 aliphatic heterocycles. The Labute approximate surface area is 151 Å². The fourth-order valence-electron chi connectivity index (χ4n) is 2.55. The first-order chi connectivity index (χ1) is 12.4. The van der Waals surface area contributed by atoms with E-state index in [-0.39, 0.29) is 29.3 Å². The van der Waals surface area contributed by atoms with Gasteiger partial charge in [-0.25, -0.2) is 4.79 Å². The third kappa shape index (κ3) is 3.31. The molecule has 134 valence electrons. The predicted octanol–water partition coefficient (Wildman–Crippen LogP) is 1.51. The molecule has 1 aromatic carbocycles. The molecule has 2 aromatic heterocycles. The van der Waals surface area contributed by atoms with Gasteiger partial charge in [0.25, 0.3) is 0 Å². The minimum Gasteiger partial charge on any atom is -0.550 e. The summed E-state index contributed by atoms with van der Waals surface area (Å²) in [5.74, 6) is -2.97. The van der Waals surface area contributed by atoms with Gasteiger partial charge in [-0.05, 0) is 30.7 Å². The zero-order valence-electron chi connectivity index (χ0n) is 13.5. The number of hydrogen-bond donors (Lipinski definition) is 1. The van der Waals surface area contributed by atoms with Crippen LogP contribution in [0.1, 0.15) is 39.2 Å². The average molecular weight is 376 g/mol. The van der Waals surface area contributed by atoms with Gasteiger partial charge in [-0.2, -0.15) is 0 Å². The number of ketones is 1. The van der Waals surface area contributed by atoms with E-state index in [4.69, 9.17) is 20.9 Å². The standard InChI is InChI=1S/C17H13ClN2O6/c1-2-25-17(24)12-7-13(26-20-12)16(23)15-10(6-14(21)22)9-5-8(18)3-4-11(9)19-15/h3-5,7,19H,2,6H2,1H3,(H,21,22)/p-1. The minimum atomic E-state index is -1.36. The van der Waals surface area contributed by atoms with Crippen molar-refractivity contribution in [3.63, 3.8) is 0 Å². The largest absolute Gasteiger partial charge is 0.550 e. The zero-order chi connectivity index (χ0) is 18.8. The number of hydrogen-bond acceptors (Lipinski definition) is 7. The van der Waals surface area contributed by atoms with Crippen LogP contribution in [0.3, 0.4) is 0 Å². The lowest BCUT2D eigenvalue weighted by Crippen LogP contribution is -2.25. The lowest BCUT2D eigenvalue weighted by Gasteiger charge is -2.04. The number of carboxylic acids is 1. The number of nitrogens with zero attached hydrogens (tertiary/aromatic N) is 1. The van der Waals surface area contributed by atoms with Gasteiger partial charge in [-0.3, -0.25) is 4.79 Å². The number of carbonyl (C=O) groups is 3. The van der Waals surface area contributed by atoms with Gasteiger partial charge in [0, 0.05) is 34.4 Å². The number of benzene rings is 1. The highest BCUT2D eigenvalue weighted by atomic mass is 35.5. The average Bonchev–Trinajstić information content (AvgIpc) is 3.20. The van der Waals surface area contributed by atoms with E-state index < -0.39 is 24.1 Å². The number of carboxylic acid groups (broad SMARTS) is 1. The van der Waals surface area contributed by atoms with Gasteiger partial charge in [-0.1, -0.05) is 16.8 Å². The van der Waals surface area contributed by atoms with Gasteiger partial charge in [0.05, 0.1) is 12.3 Å². The van der Waals surface area contributed by atoms with Crippen molar-refractivity contribution in [3.8, 4) is 0 Å². The van der Waals surface area contributed by atoms with Crippen molar-refractivity contribution in [1.82, 2.24) is 10.1 Å². The number of nitrogens with one attached hydrogen (secondary N) is 1. The molecule has 3 aromatic rings. The molecule has 3 rings (SSSR count). The molecule has 0 bridgehead atoms. The highest BCUT2D eigenvalue weighted by Gasteiger charge is 2.24. The fourth-order valence-corrected chi connectivity index (χ4v) is 2.72. The first-order valence-electron chi connectivity index (χ1n) is 7.59. The molecule has 0 atom stereocenters. The summed E-state index contributed by atoms with van der Waals surface area (Å²) in [7, 11) is 0. The van der Waals surface area contributed by atoms with Crippen molar-refractivity contribution in [3.05, 3.63) is 52.0 Å². The third-order valence-electron chi connectivity index (χ3n) is 3.63. The summed E-state index contributed by atoms with van der Waals surface area (Å²) in [5, 5.41) is 15.5. The second-order valence-electron chi connectivity index (χ2n) is 5.34. The Morgan fingerprint density at radius 1 is 1.31 bits per heavy atom. The molecule has 0 radical (unpaired) electrons. The highest BCUT2D eigenvalue weighted by molar-refractivity contribution is 6.31. The normalized spacial score (nSPS) is 10.8. The number of carbonyl (C=O) groups excluding carboxylic acids is 3. The maximum atomic E-state index is 12.7. The van der Waals surface area contributed by atoms with E-state index in [1.54, 1.807) is 25.1 Å². The van der Waals surface area contributed by atoms with Crippen molar-refractivity contribution >= 4 is 40.2 Å². The van der Waals surface area contributed by atoms with Gasteiger partial charge in [0.1, 0.15) is 0 Å². The molecule has 0 spiro atoms. The second-order valence-corrected chi connectivity index (χ2v) is 5.78. The predicted molar refractivity (Wildman–Crippen MR) is 87.9 cm³/mol. The number of H-pyrrole nitrogens is 1. The summed E-state index contributed by atoms with van der Waals surface area (Å²) in [5.41, 5.74) is 0.578. The minimum absolute atomic E-state index is 0.00183. The van der Waals surface area contributed by atoms with Crippen LogP contribution in [-0.4, -0.2) is 34.5 Å². The molecular formula is C17H12ClN2O6-. The summed E-state index contributed by atoms with van der Waals surface area (Å²) in [6.45, 7) is 1.78. The second kappa shape index (κ2) is 7.01. The number of esters is 1. The van der Waals surface area contributed by atoms with E-state index in [0.29, 0.717) is 15.9 Å². The maximum Gasteiger partial charge on any atom is 0.360 e. The number of fused-ring (bicyclic) bond motifs is 1.